The Bertz CT molecular complexity index is 228. The molecule has 0 aromatic heterocycles. The first-order chi connectivity index (χ1) is 8.55. The summed E-state index contributed by atoms with van der Waals surface area (Å²) in [5.74, 6) is 0.872. The Hall–Kier alpha value is -0.120. The van der Waals surface area contributed by atoms with E-state index in [0.717, 1.165) is 25.7 Å². The van der Waals surface area contributed by atoms with Gasteiger partial charge < -0.3 is 14.6 Å². The number of methoxy groups -OCH3 is 1. The SMILES string of the molecule is CCOC1(C(O)C(C)CCOC)CCCC(C)C1. The third kappa shape index (κ3) is 3.94. The molecule has 3 nitrogen and oxygen atoms in total. The lowest BCUT2D eigenvalue weighted by Gasteiger charge is -2.45. The minimum absolute atomic E-state index is 0.224. The summed E-state index contributed by atoms with van der Waals surface area (Å²) in [6, 6.07) is 0. The maximum atomic E-state index is 10.7. The van der Waals surface area contributed by atoms with Gasteiger partial charge in [-0.25, -0.2) is 0 Å². The van der Waals surface area contributed by atoms with Gasteiger partial charge in [0.25, 0.3) is 0 Å². The second kappa shape index (κ2) is 7.46. The maximum Gasteiger partial charge on any atom is 0.0945 e. The summed E-state index contributed by atoms with van der Waals surface area (Å²) in [4.78, 5) is 0. The van der Waals surface area contributed by atoms with Gasteiger partial charge in [0.15, 0.2) is 0 Å². The van der Waals surface area contributed by atoms with E-state index in [4.69, 9.17) is 9.47 Å². The summed E-state index contributed by atoms with van der Waals surface area (Å²) in [7, 11) is 1.71. The van der Waals surface area contributed by atoms with E-state index in [1.807, 2.05) is 6.92 Å². The van der Waals surface area contributed by atoms with Crippen molar-refractivity contribution in [1.82, 2.24) is 0 Å². The predicted octanol–water partition coefficient (Wildman–Crippen LogP) is 3.01. The van der Waals surface area contributed by atoms with E-state index in [1.54, 1.807) is 7.11 Å². The van der Waals surface area contributed by atoms with Crippen LogP contribution in [0.25, 0.3) is 0 Å². The summed E-state index contributed by atoms with van der Waals surface area (Å²) >= 11 is 0. The fourth-order valence-electron chi connectivity index (χ4n) is 3.30. The van der Waals surface area contributed by atoms with Gasteiger partial charge in [0.1, 0.15) is 0 Å². The highest BCUT2D eigenvalue weighted by molar-refractivity contribution is 4.95. The molecule has 0 radical (unpaired) electrons. The Balaban J connectivity index is 2.69. The van der Waals surface area contributed by atoms with Crippen molar-refractivity contribution in [3.05, 3.63) is 0 Å². The Kier molecular flexibility index (Phi) is 6.61. The van der Waals surface area contributed by atoms with Crippen LogP contribution in [-0.2, 0) is 9.47 Å². The molecule has 1 fully saturated rings. The van der Waals surface area contributed by atoms with Crippen LogP contribution in [0.4, 0.5) is 0 Å². The van der Waals surface area contributed by atoms with Crippen molar-refractivity contribution < 1.29 is 14.6 Å². The van der Waals surface area contributed by atoms with Crippen LogP contribution in [0.1, 0.15) is 52.9 Å². The molecule has 0 heterocycles. The molecule has 1 rings (SSSR count). The van der Waals surface area contributed by atoms with E-state index >= 15 is 0 Å². The summed E-state index contributed by atoms with van der Waals surface area (Å²) < 4.78 is 11.1. The normalized spacial score (nSPS) is 32.2. The van der Waals surface area contributed by atoms with Gasteiger partial charge in [0.2, 0.25) is 0 Å². The van der Waals surface area contributed by atoms with Crippen LogP contribution < -0.4 is 0 Å². The van der Waals surface area contributed by atoms with E-state index in [1.165, 1.54) is 6.42 Å². The van der Waals surface area contributed by atoms with Gasteiger partial charge in [0.05, 0.1) is 11.7 Å². The standard InChI is InChI=1S/C15H30O3/c1-5-18-15(9-6-7-12(2)11-15)14(16)13(3)8-10-17-4/h12-14,16H,5-11H2,1-4H3. The summed E-state index contributed by atoms with van der Waals surface area (Å²) in [6.45, 7) is 7.77. The number of aliphatic hydroxyl groups is 1. The highest BCUT2D eigenvalue weighted by atomic mass is 16.5. The number of rotatable bonds is 7. The molecule has 4 atom stereocenters. The van der Waals surface area contributed by atoms with E-state index in [2.05, 4.69) is 13.8 Å². The van der Waals surface area contributed by atoms with E-state index in [9.17, 15) is 5.11 Å². The van der Waals surface area contributed by atoms with Crippen molar-refractivity contribution in [3.63, 3.8) is 0 Å². The smallest absolute Gasteiger partial charge is 0.0945 e. The molecule has 1 saturated carbocycles. The molecule has 0 aromatic rings. The highest BCUT2D eigenvalue weighted by Gasteiger charge is 2.43. The molecular formula is C15H30O3. The molecule has 0 aliphatic heterocycles. The molecule has 0 bridgehead atoms. The monoisotopic (exact) mass is 258 g/mol. The average molecular weight is 258 g/mol. The Labute approximate surface area is 112 Å². The van der Waals surface area contributed by atoms with Gasteiger partial charge in [-0.15, -0.1) is 0 Å². The second-order valence-corrected chi connectivity index (χ2v) is 5.90. The Morgan fingerprint density at radius 2 is 2.17 bits per heavy atom. The molecule has 1 N–H and O–H groups in total. The topological polar surface area (TPSA) is 38.7 Å². The second-order valence-electron chi connectivity index (χ2n) is 5.90. The zero-order valence-electron chi connectivity index (χ0n) is 12.4. The van der Waals surface area contributed by atoms with Crippen LogP contribution in [0.5, 0.6) is 0 Å². The average Bonchev–Trinajstić information content (AvgIpc) is 2.35. The van der Waals surface area contributed by atoms with Crippen molar-refractivity contribution in [2.24, 2.45) is 11.8 Å². The van der Waals surface area contributed by atoms with Crippen molar-refractivity contribution in [1.29, 1.82) is 0 Å². The summed E-state index contributed by atoms with van der Waals surface area (Å²) in [5.41, 5.74) is -0.320. The number of hydrogen-bond donors (Lipinski definition) is 1. The zero-order valence-corrected chi connectivity index (χ0v) is 12.4. The van der Waals surface area contributed by atoms with Gasteiger partial charge in [0, 0.05) is 20.3 Å². The van der Waals surface area contributed by atoms with Gasteiger partial charge in [-0.2, -0.15) is 0 Å². The predicted molar refractivity (Wildman–Crippen MR) is 73.7 cm³/mol. The Morgan fingerprint density at radius 1 is 1.44 bits per heavy atom. The van der Waals surface area contributed by atoms with Crippen molar-refractivity contribution in [2.75, 3.05) is 20.3 Å². The minimum atomic E-state index is -0.379. The van der Waals surface area contributed by atoms with Gasteiger partial charge in [-0.3, -0.25) is 0 Å². The van der Waals surface area contributed by atoms with Gasteiger partial charge >= 0.3 is 0 Å². The lowest BCUT2D eigenvalue weighted by Crippen LogP contribution is -2.51. The van der Waals surface area contributed by atoms with Crippen LogP contribution in [0.2, 0.25) is 0 Å². The van der Waals surface area contributed by atoms with Crippen LogP contribution in [0.3, 0.4) is 0 Å². The fraction of sp³-hybridized carbons (Fsp3) is 1.00. The number of aliphatic hydroxyl groups excluding tert-OH is 1. The van der Waals surface area contributed by atoms with Crippen LogP contribution in [0, 0.1) is 11.8 Å². The number of hydrogen-bond acceptors (Lipinski definition) is 3. The molecular weight excluding hydrogens is 228 g/mol. The van der Waals surface area contributed by atoms with Crippen LogP contribution in [0.15, 0.2) is 0 Å². The quantitative estimate of drug-likeness (QED) is 0.763. The molecule has 18 heavy (non-hydrogen) atoms. The molecule has 4 unspecified atom stereocenters. The first-order valence-electron chi connectivity index (χ1n) is 7.36. The first-order valence-corrected chi connectivity index (χ1v) is 7.36. The maximum absolute atomic E-state index is 10.7. The van der Waals surface area contributed by atoms with Gasteiger partial charge in [-0.1, -0.05) is 26.7 Å². The summed E-state index contributed by atoms with van der Waals surface area (Å²) in [5, 5.41) is 10.7. The fourth-order valence-corrected chi connectivity index (χ4v) is 3.30. The van der Waals surface area contributed by atoms with Gasteiger partial charge in [-0.05, 0) is 38.0 Å². The molecule has 108 valence electrons. The van der Waals surface area contributed by atoms with E-state index in [-0.39, 0.29) is 17.6 Å². The van der Waals surface area contributed by atoms with E-state index < -0.39 is 0 Å². The third-order valence-electron chi connectivity index (χ3n) is 4.28. The lowest BCUT2D eigenvalue weighted by atomic mass is 9.72. The van der Waals surface area contributed by atoms with Crippen molar-refractivity contribution in [3.8, 4) is 0 Å². The molecule has 0 amide bonds. The molecule has 3 heteroatoms. The molecule has 0 spiro atoms. The third-order valence-corrected chi connectivity index (χ3v) is 4.28. The van der Waals surface area contributed by atoms with Crippen molar-refractivity contribution in [2.45, 2.75) is 64.6 Å². The molecule has 1 aliphatic rings. The highest BCUT2D eigenvalue weighted by Crippen LogP contribution is 2.40. The first kappa shape index (κ1) is 15.9. The molecule has 0 saturated heterocycles. The van der Waals surface area contributed by atoms with Crippen LogP contribution >= 0.6 is 0 Å². The molecule has 1 aliphatic carbocycles. The van der Waals surface area contributed by atoms with Crippen molar-refractivity contribution >= 4 is 0 Å². The number of ether oxygens (including phenoxy) is 2. The zero-order chi connectivity index (χ0) is 13.6. The largest absolute Gasteiger partial charge is 0.390 e. The molecule has 0 aromatic carbocycles. The van der Waals surface area contributed by atoms with E-state index in [0.29, 0.717) is 19.1 Å². The summed E-state index contributed by atoms with van der Waals surface area (Å²) in [6.07, 6.45) is 4.91. The Morgan fingerprint density at radius 3 is 2.72 bits per heavy atom. The minimum Gasteiger partial charge on any atom is -0.390 e. The lowest BCUT2D eigenvalue weighted by molar-refractivity contribution is -0.164. The van der Waals surface area contributed by atoms with Crippen LogP contribution in [-0.4, -0.2) is 37.1 Å².